The van der Waals surface area contributed by atoms with E-state index in [2.05, 4.69) is 6.58 Å². The normalized spacial score (nSPS) is 16.8. The van der Waals surface area contributed by atoms with Gasteiger partial charge in [-0.3, -0.25) is 14.5 Å². The fraction of sp³-hybridized carbons (Fsp3) is 0.500. The van der Waals surface area contributed by atoms with Crippen LogP contribution in [0.4, 0.5) is 13.2 Å². The summed E-state index contributed by atoms with van der Waals surface area (Å²) in [6.45, 7) is 3.66. The van der Waals surface area contributed by atoms with Crippen molar-refractivity contribution in [3.05, 3.63) is 12.7 Å². The van der Waals surface area contributed by atoms with E-state index in [9.17, 15) is 22.8 Å². The van der Waals surface area contributed by atoms with Crippen molar-refractivity contribution in [2.45, 2.75) is 18.6 Å². The molecule has 2 amide bonds. The van der Waals surface area contributed by atoms with Crippen LogP contribution in [0.2, 0.25) is 0 Å². The molecular formula is C10H11F3N2O3S. The van der Waals surface area contributed by atoms with Crippen molar-refractivity contribution in [3.8, 4) is 0 Å². The van der Waals surface area contributed by atoms with Crippen LogP contribution >= 0.6 is 12.2 Å². The second-order valence-corrected chi connectivity index (χ2v) is 4.00. The van der Waals surface area contributed by atoms with Gasteiger partial charge in [0.05, 0.1) is 6.54 Å². The van der Waals surface area contributed by atoms with Crippen molar-refractivity contribution >= 4 is 29.2 Å². The third-order valence-corrected chi connectivity index (χ3v) is 2.63. The van der Waals surface area contributed by atoms with Gasteiger partial charge in [0.25, 0.3) is 11.1 Å². The monoisotopic (exact) mass is 296 g/mol. The summed E-state index contributed by atoms with van der Waals surface area (Å²) in [6.07, 6.45) is -3.96. The molecule has 1 heterocycles. The maximum atomic E-state index is 12.2. The summed E-state index contributed by atoms with van der Waals surface area (Å²) < 4.78 is 41.3. The number of alkyl halides is 3. The number of ether oxygens (including phenoxy) is 1. The van der Waals surface area contributed by atoms with E-state index in [1.54, 1.807) is 5.32 Å². The second kappa shape index (κ2) is 6.00. The lowest BCUT2D eigenvalue weighted by Gasteiger charge is -2.22. The molecule has 106 valence electrons. The lowest BCUT2D eigenvalue weighted by molar-refractivity contribution is -0.175. The lowest BCUT2D eigenvalue weighted by Crippen LogP contribution is -2.51. The van der Waals surface area contributed by atoms with Crippen LogP contribution in [0.15, 0.2) is 12.7 Å². The van der Waals surface area contributed by atoms with Crippen molar-refractivity contribution in [1.29, 1.82) is 0 Å². The number of carbonyl (C=O) groups excluding carboxylic acids is 2. The van der Waals surface area contributed by atoms with Crippen molar-refractivity contribution in [3.63, 3.8) is 0 Å². The molecule has 9 heteroatoms. The first-order chi connectivity index (χ1) is 8.77. The zero-order valence-corrected chi connectivity index (χ0v) is 10.5. The zero-order chi connectivity index (χ0) is 14.6. The molecule has 1 saturated heterocycles. The van der Waals surface area contributed by atoms with Gasteiger partial charge in [0.15, 0.2) is 0 Å². The Morgan fingerprint density at radius 1 is 1.58 bits per heavy atom. The molecule has 19 heavy (non-hydrogen) atoms. The molecule has 0 radical (unpaired) electrons. The fourth-order valence-corrected chi connectivity index (χ4v) is 1.67. The molecule has 0 aliphatic carbocycles. The van der Waals surface area contributed by atoms with E-state index < -0.39 is 24.0 Å². The van der Waals surface area contributed by atoms with Crippen LogP contribution in [0.25, 0.3) is 0 Å². The number of nitrogens with zero attached hydrogens (tertiary/aromatic N) is 1. The molecule has 0 saturated carbocycles. The van der Waals surface area contributed by atoms with E-state index in [1.165, 1.54) is 6.08 Å². The minimum atomic E-state index is -5.05. The predicted molar refractivity (Wildman–Crippen MR) is 63.1 cm³/mol. The second-order valence-electron chi connectivity index (χ2n) is 3.65. The van der Waals surface area contributed by atoms with Gasteiger partial charge in [-0.2, -0.15) is 13.2 Å². The summed E-state index contributed by atoms with van der Waals surface area (Å²) in [7, 11) is 0. The summed E-state index contributed by atoms with van der Waals surface area (Å²) in [4.78, 5) is 23.8. The third kappa shape index (κ3) is 3.91. The molecule has 5 nitrogen and oxygen atoms in total. The number of nitrogens with one attached hydrogen (secondary N) is 1. The number of hydrogen-bond acceptors (Lipinski definition) is 4. The highest BCUT2D eigenvalue weighted by Gasteiger charge is 2.41. The molecule has 1 N–H and O–H groups in total. The first-order valence-corrected chi connectivity index (χ1v) is 5.65. The van der Waals surface area contributed by atoms with Crippen molar-refractivity contribution in [2.24, 2.45) is 0 Å². The van der Waals surface area contributed by atoms with Crippen LogP contribution in [-0.2, 0) is 14.3 Å². The number of amides is 2. The van der Waals surface area contributed by atoms with Gasteiger partial charge in [0.1, 0.15) is 12.6 Å². The highest BCUT2D eigenvalue weighted by Crippen LogP contribution is 2.16. The average Bonchev–Trinajstić information content (AvgIpc) is 2.72. The van der Waals surface area contributed by atoms with Gasteiger partial charge in [-0.1, -0.05) is 6.08 Å². The number of halogens is 3. The highest BCUT2D eigenvalue weighted by molar-refractivity contribution is 7.80. The Kier molecular flexibility index (Phi) is 4.87. The molecule has 0 aromatic heterocycles. The Balaban J connectivity index is 2.77. The van der Waals surface area contributed by atoms with Gasteiger partial charge < -0.3 is 10.1 Å². The molecule has 1 aliphatic heterocycles. The van der Waals surface area contributed by atoms with E-state index >= 15 is 0 Å². The average molecular weight is 296 g/mol. The van der Waals surface area contributed by atoms with Gasteiger partial charge in [0.2, 0.25) is 0 Å². The van der Waals surface area contributed by atoms with Crippen LogP contribution in [0.1, 0.15) is 6.42 Å². The van der Waals surface area contributed by atoms with Gasteiger partial charge in [0, 0.05) is 0 Å². The molecule has 0 spiro atoms. The molecule has 0 aromatic carbocycles. The largest absolute Gasteiger partial charge is 0.471 e. The molecule has 1 aliphatic rings. The van der Waals surface area contributed by atoms with Gasteiger partial charge in [-0.15, -0.1) is 6.58 Å². The summed E-state index contributed by atoms with van der Waals surface area (Å²) in [5.74, 6) is -2.93. The number of hydrogen-bond donors (Lipinski definition) is 1. The van der Waals surface area contributed by atoms with Crippen molar-refractivity contribution in [1.82, 2.24) is 10.2 Å². The maximum Gasteiger partial charge on any atom is 0.471 e. The Morgan fingerprint density at radius 3 is 2.63 bits per heavy atom. The van der Waals surface area contributed by atoms with E-state index in [-0.39, 0.29) is 24.7 Å². The first-order valence-electron chi connectivity index (χ1n) is 5.24. The standard InChI is InChI=1S/C10H11F3N2O3S/c1-2-3-6(14-8(17)10(11,12)13)7(16)15-4-5-18-9(15)19/h2,6H,1,3-5H2,(H,14,17)/t6-/m1/s1. The zero-order valence-electron chi connectivity index (χ0n) is 9.70. The summed E-state index contributed by atoms with van der Waals surface area (Å²) >= 11 is 4.73. The molecule has 0 bridgehead atoms. The molecule has 1 atom stereocenters. The molecule has 0 aromatic rings. The van der Waals surface area contributed by atoms with Gasteiger partial charge in [-0.25, -0.2) is 0 Å². The van der Waals surface area contributed by atoms with E-state index in [1.807, 2.05) is 0 Å². The fourth-order valence-electron chi connectivity index (χ4n) is 1.41. The number of rotatable bonds is 4. The minimum absolute atomic E-state index is 0.111. The smallest absolute Gasteiger partial charge is 0.469 e. The van der Waals surface area contributed by atoms with Crippen LogP contribution in [-0.4, -0.2) is 47.3 Å². The van der Waals surface area contributed by atoms with Gasteiger partial charge >= 0.3 is 12.1 Å². The Hall–Kier alpha value is -1.64. The Labute approximate surface area is 112 Å². The SMILES string of the molecule is C=CC[C@@H](NC(=O)C(F)(F)F)C(=O)N1CCOC1=S. The highest BCUT2D eigenvalue weighted by atomic mass is 32.1. The van der Waals surface area contributed by atoms with Crippen LogP contribution < -0.4 is 5.32 Å². The maximum absolute atomic E-state index is 12.2. The van der Waals surface area contributed by atoms with Crippen LogP contribution in [0, 0.1) is 0 Å². The van der Waals surface area contributed by atoms with Crippen LogP contribution in [0.3, 0.4) is 0 Å². The molecule has 1 rings (SSSR count). The topological polar surface area (TPSA) is 58.6 Å². The van der Waals surface area contributed by atoms with E-state index in [0.29, 0.717) is 0 Å². The predicted octanol–water partition coefficient (Wildman–Crippen LogP) is 0.753. The van der Waals surface area contributed by atoms with Crippen LogP contribution in [0.5, 0.6) is 0 Å². The molecule has 1 fully saturated rings. The van der Waals surface area contributed by atoms with Gasteiger partial charge in [-0.05, 0) is 18.6 Å². The summed E-state index contributed by atoms with van der Waals surface area (Å²) in [6, 6.07) is -1.37. The third-order valence-electron chi connectivity index (χ3n) is 2.29. The summed E-state index contributed by atoms with van der Waals surface area (Å²) in [5, 5.41) is 1.50. The Bertz CT molecular complexity index is 411. The molecular weight excluding hydrogens is 285 g/mol. The molecule has 0 unspecified atom stereocenters. The van der Waals surface area contributed by atoms with E-state index in [4.69, 9.17) is 17.0 Å². The summed E-state index contributed by atoms with van der Waals surface area (Å²) in [5.41, 5.74) is 0. The van der Waals surface area contributed by atoms with Crippen molar-refractivity contribution in [2.75, 3.05) is 13.2 Å². The first kappa shape index (κ1) is 15.4. The minimum Gasteiger partial charge on any atom is -0.469 e. The van der Waals surface area contributed by atoms with E-state index in [0.717, 1.165) is 4.90 Å². The van der Waals surface area contributed by atoms with Crippen molar-refractivity contribution < 1.29 is 27.5 Å². The number of carbonyl (C=O) groups is 2. The Morgan fingerprint density at radius 2 is 2.21 bits per heavy atom. The lowest BCUT2D eigenvalue weighted by atomic mass is 10.1. The number of thiocarbonyl (C=S) groups is 1. The quantitative estimate of drug-likeness (QED) is 0.614.